The van der Waals surface area contributed by atoms with Crippen molar-refractivity contribution in [3.05, 3.63) is 40.2 Å². The molecule has 1 amide bonds. The average Bonchev–Trinajstić information content (AvgIpc) is 2.77. The van der Waals surface area contributed by atoms with Gasteiger partial charge in [-0.1, -0.05) is 11.6 Å². The van der Waals surface area contributed by atoms with Crippen LogP contribution in [0.2, 0.25) is 5.02 Å². The number of carbonyl (C=O) groups is 1. The predicted molar refractivity (Wildman–Crippen MR) is 72.1 cm³/mol. The molecule has 1 aromatic carbocycles. The Morgan fingerprint density at radius 1 is 1.43 bits per heavy atom. The van der Waals surface area contributed by atoms with Crippen LogP contribution < -0.4 is 11.1 Å². The number of aryl methyl sites for hydroxylation is 1. The molecule has 112 valence electrons. The number of aromatic nitrogens is 2. The molecule has 0 unspecified atom stereocenters. The van der Waals surface area contributed by atoms with E-state index >= 15 is 0 Å². The minimum Gasteiger partial charge on any atom is -0.369 e. The summed E-state index contributed by atoms with van der Waals surface area (Å²) in [7, 11) is 0. The number of nitrogens with zero attached hydrogens (tertiary/aromatic N) is 1. The minimum absolute atomic E-state index is 0.00124. The first-order chi connectivity index (χ1) is 9.68. The zero-order chi connectivity index (χ0) is 15.8. The SMILES string of the molecule is Cc1cc(Cl)c(NC(=O)c2cnc(N)[nH]2)cc1C(F)(F)F. The summed E-state index contributed by atoms with van der Waals surface area (Å²) in [5.41, 5.74) is 4.29. The van der Waals surface area contributed by atoms with Crippen molar-refractivity contribution in [3.8, 4) is 0 Å². The van der Waals surface area contributed by atoms with Crippen LogP contribution >= 0.6 is 11.6 Å². The van der Waals surface area contributed by atoms with Crippen molar-refractivity contribution < 1.29 is 18.0 Å². The number of benzene rings is 1. The largest absolute Gasteiger partial charge is 0.416 e. The van der Waals surface area contributed by atoms with Gasteiger partial charge in [-0.25, -0.2) is 4.98 Å². The van der Waals surface area contributed by atoms with Crippen molar-refractivity contribution in [1.82, 2.24) is 9.97 Å². The number of hydrogen-bond acceptors (Lipinski definition) is 3. The summed E-state index contributed by atoms with van der Waals surface area (Å²) in [6.07, 6.45) is -3.37. The first-order valence-corrected chi connectivity index (χ1v) is 6.05. The number of rotatable bonds is 2. The molecule has 0 radical (unpaired) electrons. The maximum absolute atomic E-state index is 12.8. The molecule has 0 aliphatic heterocycles. The number of nitrogens with one attached hydrogen (secondary N) is 2. The third-order valence-corrected chi connectivity index (χ3v) is 3.02. The van der Waals surface area contributed by atoms with Gasteiger partial charge in [0, 0.05) is 0 Å². The lowest BCUT2D eigenvalue weighted by atomic mass is 10.1. The topological polar surface area (TPSA) is 83.8 Å². The molecule has 9 heteroatoms. The summed E-state index contributed by atoms with van der Waals surface area (Å²) in [6, 6.07) is 1.93. The lowest BCUT2D eigenvalue weighted by Crippen LogP contribution is -2.15. The van der Waals surface area contributed by atoms with Crippen molar-refractivity contribution in [1.29, 1.82) is 0 Å². The highest BCUT2D eigenvalue weighted by molar-refractivity contribution is 6.34. The first kappa shape index (κ1) is 15.2. The number of carbonyl (C=O) groups excluding carboxylic acids is 1. The summed E-state index contributed by atoms with van der Waals surface area (Å²) in [5.74, 6) is -0.677. The zero-order valence-electron chi connectivity index (χ0n) is 10.7. The molecule has 0 saturated heterocycles. The van der Waals surface area contributed by atoms with Gasteiger partial charge in [-0.15, -0.1) is 0 Å². The Kier molecular flexibility index (Phi) is 3.82. The van der Waals surface area contributed by atoms with Gasteiger partial charge in [-0.05, 0) is 24.6 Å². The van der Waals surface area contributed by atoms with Crippen molar-refractivity contribution in [2.24, 2.45) is 0 Å². The third kappa shape index (κ3) is 3.27. The average molecular weight is 319 g/mol. The van der Waals surface area contributed by atoms with Gasteiger partial charge < -0.3 is 16.0 Å². The number of nitrogens with two attached hydrogens (primary N) is 1. The maximum Gasteiger partial charge on any atom is 0.416 e. The molecule has 2 aromatic rings. The Balaban J connectivity index is 2.34. The Bertz CT molecular complexity index is 696. The summed E-state index contributed by atoms with van der Waals surface area (Å²) >= 11 is 5.86. The molecule has 1 heterocycles. The molecular weight excluding hydrogens is 309 g/mol. The van der Waals surface area contributed by atoms with Crippen molar-refractivity contribution in [2.45, 2.75) is 13.1 Å². The Labute approximate surface area is 122 Å². The standard InChI is InChI=1S/C12H10ClF3N4O/c1-5-2-7(13)8(3-6(5)12(14,15)16)19-10(21)9-4-18-11(17)20-9/h2-4H,1H3,(H,19,21)(H3,17,18,20). The number of amides is 1. The number of aromatic amines is 1. The fourth-order valence-corrected chi connectivity index (χ4v) is 1.98. The zero-order valence-corrected chi connectivity index (χ0v) is 11.4. The summed E-state index contributed by atoms with van der Waals surface area (Å²) in [5, 5.41) is 2.28. The van der Waals surface area contributed by atoms with Gasteiger partial charge in [0.25, 0.3) is 5.91 Å². The number of halogens is 4. The van der Waals surface area contributed by atoms with E-state index < -0.39 is 17.6 Å². The van der Waals surface area contributed by atoms with Crippen LogP contribution in [0.25, 0.3) is 0 Å². The Morgan fingerprint density at radius 3 is 2.62 bits per heavy atom. The molecule has 0 aliphatic rings. The van der Waals surface area contributed by atoms with Crippen LogP contribution in [-0.2, 0) is 6.18 Å². The van der Waals surface area contributed by atoms with E-state index in [0.717, 1.165) is 18.3 Å². The maximum atomic E-state index is 12.8. The number of imidazole rings is 1. The highest BCUT2D eigenvalue weighted by atomic mass is 35.5. The molecule has 4 N–H and O–H groups in total. The molecule has 0 aliphatic carbocycles. The van der Waals surface area contributed by atoms with Crippen LogP contribution in [-0.4, -0.2) is 15.9 Å². The van der Waals surface area contributed by atoms with Crippen LogP contribution in [0.4, 0.5) is 24.8 Å². The second-order valence-electron chi connectivity index (χ2n) is 4.28. The van der Waals surface area contributed by atoms with E-state index in [2.05, 4.69) is 15.3 Å². The lowest BCUT2D eigenvalue weighted by Gasteiger charge is -2.14. The molecule has 2 rings (SSSR count). The molecule has 0 spiro atoms. The summed E-state index contributed by atoms with van der Waals surface area (Å²) in [4.78, 5) is 17.9. The lowest BCUT2D eigenvalue weighted by molar-refractivity contribution is -0.138. The smallest absolute Gasteiger partial charge is 0.369 e. The summed E-state index contributed by atoms with van der Waals surface area (Å²) in [6.45, 7) is 1.29. The van der Waals surface area contributed by atoms with E-state index in [9.17, 15) is 18.0 Å². The van der Waals surface area contributed by atoms with E-state index in [1.54, 1.807) is 0 Å². The van der Waals surface area contributed by atoms with Crippen molar-refractivity contribution >= 4 is 29.1 Å². The Morgan fingerprint density at radius 2 is 2.10 bits per heavy atom. The molecule has 5 nitrogen and oxygen atoms in total. The monoisotopic (exact) mass is 318 g/mol. The van der Waals surface area contributed by atoms with E-state index in [1.807, 2.05) is 0 Å². The molecule has 0 atom stereocenters. The van der Waals surface area contributed by atoms with Gasteiger partial charge in [0.2, 0.25) is 0 Å². The van der Waals surface area contributed by atoms with Crippen LogP contribution in [0.3, 0.4) is 0 Å². The fourth-order valence-electron chi connectivity index (χ4n) is 1.72. The number of anilines is 2. The third-order valence-electron chi connectivity index (χ3n) is 2.71. The minimum atomic E-state index is -4.54. The number of hydrogen-bond donors (Lipinski definition) is 3. The molecule has 0 fully saturated rings. The van der Waals surface area contributed by atoms with E-state index in [-0.39, 0.29) is 27.9 Å². The van der Waals surface area contributed by atoms with Crippen LogP contribution in [0, 0.1) is 6.92 Å². The second kappa shape index (κ2) is 5.28. The molecular formula is C12H10ClF3N4O. The predicted octanol–water partition coefficient (Wildman–Crippen LogP) is 3.22. The quantitative estimate of drug-likeness (QED) is 0.795. The van der Waals surface area contributed by atoms with Gasteiger partial charge >= 0.3 is 6.18 Å². The number of H-pyrrole nitrogens is 1. The highest BCUT2D eigenvalue weighted by Crippen LogP contribution is 2.36. The van der Waals surface area contributed by atoms with Crippen LogP contribution in [0.15, 0.2) is 18.3 Å². The Hall–Kier alpha value is -2.22. The number of alkyl halides is 3. The fraction of sp³-hybridized carbons (Fsp3) is 0.167. The molecule has 0 saturated carbocycles. The molecule has 21 heavy (non-hydrogen) atoms. The first-order valence-electron chi connectivity index (χ1n) is 5.67. The van der Waals surface area contributed by atoms with E-state index in [0.29, 0.717) is 0 Å². The van der Waals surface area contributed by atoms with Gasteiger partial charge in [-0.2, -0.15) is 13.2 Å². The van der Waals surface area contributed by atoms with Crippen molar-refractivity contribution in [2.75, 3.05) is 11.1 Å². The van der Waals surface area contributed by atoms with Gasteiger partial charge in [0.15, 0.2) is 5.95 Å². The summed E-state index contributed by atoms with van der Waals surface area (Å²) < 4.78 is 38.5. The van der Waals surface area contributed by atoms with Gasteiger partial charge in [0.1, 0.15) is 5.69 Å². The second-order valence-corrected chi connectivity index (χ2v) is 4.69. The van der Waals surface area contributed by atoms with Crippen molar-refractivity contribution in [3.63, 3.8) is 0 Å². The van der Waals surface area contributed by atoms with Crippen LogP contribution in [0.1, 0.15) is 21.6 Å². The van der Waals surface area contributed by atoms with Crippen LogP contribution in [0.5, 0.6) is 0 Å². The molecule has 0 bridgehead atoms. The normalized spacial score (nSPS) is 11.5. The van der Waals surface area contributed by atoms with E-state index in [4.69, 9.17) is 17.3 Å². The highest BCUT2D eigenvalue weighted by Gasteiger charge is 2.33. The van der Waals surface area contributed by atoms with Gasteiger partial charge in [0.05, 0.1) is 22.5 Å². The molecule has 1 aromatic heterocycles. The van der Waals surface area contributed by atoms with E-state index in [1.165, 1.54) is 6.92 Å². The number of nitrogen functional groups attached to an aromatic ring is 1. The van der Waals surface area contributed by atoms with Gasteiger partial charge in [-0.3, -0.25) is 4.79 Å².